The van der Waals surface area contributed by atoms with Gasteiger partial charge in [0.15, 0.2) is 23.2 Å². The Kier molecular flexibility index (Phi) is 12.3. The van der Waals surface area contributed by atoms with Gasteiger partial charge in [0.25, 0.3) is 5.91 Å². The Hall–Kier alpha value is -3.59. The first-order valence-corrected chi connectivity index (χ1v) is 15.8. The second-order valence-electron chi connectivity index (χ2n) is 9.47. The zero-order chi connectivity index (χ0) is 32.5. The van der Waals surface area contributed by atoms with Crippen molar-refractivity contribution in [1.82, 2.24) is 16.1 Å². The molecule has 4 rings (SSSR count). The van der Waals surface area contributed by atoms with Crippen molar-refractivity contribution in [2.45, 2.75) is 26.5 Å². The standard InChI is InChI=1S/C31H29Cl2IN4O6S/c1-4-42-30(40)27-17(2)36-31(45)37-28(27)21-7-5-6-8-24(21)43-16-26(39)38-35-14-18-11-23(34)29(25(12-18)41-3)44-15-19-9-10-20(32)13-22(19)33/h5-14,28H,4,15-16H2,1-3H3,(H,38,39)(H2,36,37,45)/t28-/m1/s1. The Morgan fingerprint density at radius 3 is 2.62 bits per heavy atom. The van der Waals surface area contributed by atoms with Gasteiger partial charge >= 0.3 is 5.97 Å². The lowest BCUT2D eigenvalue weighted by Gasteiger charge is -2.30. The number of carbonyl (C=O) groups is 2. The molecule has 0 saturated heterocycles. The minimum absolute atomic E-state index is 0.217. The highest BCUT2D eigenvalue weighted by Crippen LogP contribution is 2.35. The summed E-state index contributed by atoms with van der Waals surface area (Å²) < 4.78 is 23.4. The second kappa shape index (κ2) is 16.1. The van der Waals surface area contributed by atoms with Crippen LogP contribution in [0.4, 0.5) is 0 Å². The van der Waals surface area contributed by atoms with E-state index in [1.165, 1.54) is 13.3 Å². The number of nitrogens with one attached hydrogen (secondary N) is 3. The highest BCUT2D eigenvalue weighted by atomic mass is 127. The molecule has 0 bridgehead atoms. The van der Waals surface area contributed by atoms with Crippen molar-refractivity contribution in [2.24, 2.45) is 5.10 Å². The third kappa shape index (κ3) is 9.00. The van der Waals surface area contributed by atoms with E-state index in [2.05, 4.69) is 43.8 Å². The number of hydrazone groups is 1. The Morgan fingerprint density at radius 1 is 1.11 bits per heavy atom. The number of ether oxygens (including phenoxy) is 4. The summed E-state index contributed by atoms with van der Waals surface area (Å²) in [6.45, 7) is 3.58. The number of hydrogen-bond acceptors (Lipinski definition) is 8. The molecule has 0 radical (unpaired) electrons. The molecule has 3 aromatic rings. The maximum Gasteiger partial charge on any atom is 0.338 e. The van der Waals surface area contributed by atoms with Crippen LogP contribution in [-0.4, -0.2) is 43.5 Å². The minimum atomic E-state index is -0.636. The Morgan fingerprint density at radius 2 is 1.89 bits per heavy atom. The first-order chi connectivity index (χ1) is 21.6. The van der Waals surface area contributed by atoms with Crippen molar-refractivity contribution in [1.29, 1.82) is 0 Å². The summed E-state index contributed by atoms with van der Waals surface area (Å²) >= 11 is 19.7. The van der Waals surface area contributed by atoms with E-state index in [-0.39, 0.29) is 19.8 Å². The number of allylic oxidation sites excluding steroid dienone is 1. The summed E-state index contributed by atoms with van der Waals surface area (Å²) in [5.74, 6) is 0.438. The average molecular weight is 783 g/mol. The van der Waals surface area contributed by atoms with Gasteiger partial charge in [0.1, 0.15) is 12.4 Å². The van der Waals surface area contributed by atoms with Crippen LogP contribution in [0.1, 0.15) is 36.6 Å². The lowest BCUT2D eigenvalue weighted by Crippen LogP contribution is -2.45. The highest BCUT2D eigenvalue weighted by Gasteiger charge is 2.32. The average Bonchev–Trinajstić information content (AvgIpc) is 3.00. The summed E-state index contributed by atoms with van der Waals surface area (Å²) in [6.07, 6.45) is 1.48. The number of para-hydroxylation sites is 1. The topological polar surface area (TPSA) is 120 Å². The van der Waals surface area contributed by atoms with E-state index in [4.69, 9.17) is 54.4 Å². The lowest BCUT2D eigenvalue weighted by atomic mass is 9.95. The fraction of sp³-hybridized carbons (Fsp3) is 0.226. The molecule has 1 amide bonds. The van der Waals surface area contributed by atoms with E-state index in [1.54, 1.807) is 62.4 Å². The second-order valence-corrected chi connectivity index (χ2v) is 11.9. The number of rotatable bonds is 12. The molecule has 1 atom stereocenters. The monoisotopic (exact) mass is 782 g/mol. The fourth-order valence-electron chi connectivity index (χ4n) is 4.35. The lowest BCUT2D eigenvalue weighted by molar-refractivity contribution is -0.139. The molecule has 0 spiro atoms. The molecule has 10 nitrogen and oxygen atoms in total. The molecule has 45 heavy (non-hydrogen) atoms. The Labute approximate surface area is 289 Å². The normalized spacial score (nSPS) is 14.4. The molecular weight excluding hydrogens is 754 g/mol. The molecule has 14 heteroatoms. The molecule has 236 valence electrons. The van der Waals surface area contributed by atoms with Crippen molar-refractivity contribution >= 4 is 81.2 Å². The van der Waals surface area contributed by atoms with Crippen LogP contribution in [0.3, 0.4) is 0 Å². The van der Waals surface area contributed by atoms with E-state index < -0.39 is 17.9 Å². The third-order valence-electron chi connectivity index (χ3n) is 6.40. The van der Waals surface area contributed by atoms with E-state index in [9.17, 15) is 9.59 Å². The molecule has 1 heterocycles. The Balaban J connectivity index is 1.40. The van der Waals surface area contributed by atoms with E-state index in [0.717, 1.165) is 9.13 Å². The van der Waals surface area contributed by atoms with Gasteiger partial charge in [-0.1, -0.05) is 47.5 Å². The molecule has 0 aromatic heterocycles. The zero-order valence-corrected chi connectivity index (χ0v) is 28.9. The maximum atomic E-state index is 12.8. The van der Waals surface area contributed by atoms with Gasteiger partial charge in [0.05, 0.1) is 35.1 Å². The van der Waals surface area contributed by atoms with Crippen LogP contribution >= 0.6 is 58.0 Å². The van der Waals surface area contributed by atoms with Crippen molar-refractivity contribution in [3.8, 4) is 17.2 Å². The van der Waals surface area contributed by atoms with Crippen molar-refractivity contribution < 1.29 is 28.5 Å². The van der Waals surface area contributed by atoms with Gasteiger partial charge in [-0.25, -0.2) is 10.2 Å². The first-order valence-electron chi connectivity index (χ1n) is 13.5. The minimum Gasteiger partial charge on any atom is -0.493 e. The summed E-state index contributed by atoms with van der Waals surface area (Å²) in [4.78, 5) is 25.4. The number of nitrogens with zero attached hydrogens (tertiary/aromatic N) is 1. The third-order valence-corrected chi connectivity index (χ3v) is 8.00. The van der Waals surface area contributed by atoms with E-state index in [0.29, 0.717) is 54.8 Å². The SMILES string of the molecule is CCOC(=O)C1=C(C)NC(=S)N[C@@H]1c1ccccc1OCC(=O)NN=Cc1cc(I)c(OCc2ccc(Cl)cc2Cl)c(OC)c1. The van der Waals surface area contributed by atoms with Crippen molar-refractivity contribution in [2.75, 3.05) is 20.3 Å². The molecule has 0 fully saturated rings. The van der Waals surface area contributed by atoms with Crippen LogP contribution in [0.25, 0.3) is 0 Å². The smallest absolute Gasteiger partial charge is 0.338 e. The van der Waals surface area contributed by atoms with Gasteiger partial charge in [-0.05, 0) is 84.6 Å². The van der Waals surface area contributed by atoms with Crippen LogP contribution in [0.15, 0.2) is 71.0 Å². The summed E-state index contributed by atoms with van der Waals surface area (Å²) in [6, 6.07) is 15.2. The highest BCUT2D eigenvalue weighted by molar-refractivity contribution is 14.1. The number of methoxy groups -OCH3 is 1. The number of halogens is 3. The van der Waals surface area contributed by atoms with Crippen LogP contribution in [0.5, 0.6) is 17.2 Å². The molecule has 0 saturated carbocycles. The summed E-state index contributed by atoms with van der Waals surface area (Å²) in [5.41, 5.74) is 5.46. The van der Waals surface area contributed by atoms with Crippen LogP contribution < -0.4 is 30.3 Å². The maximum absolute atomic E-state index is 12.8. The van der Waals surface area contributed by atoms with Gasteiger partial charge in [0, 0.05) is 26.9 Å². The number of benzene rings is 3. The van der Waals surface area contributed by atoms with E-state index in [1.807, 2.05) is 6.07 Å². The molecule has 0 aliphatic carbocycles. The molecule has 0 unspecified atom stereocenters. The number of hydrogen-bond donors (Lipinski definition) is 3. The van der Waals surface area contributed by atoms with E-state index >= 15 is 0 Å². The summed E-state index contributed by atoms with van der Waals surface area (Å²) in [7, 11) is 1.53. The Bertz CT molecular complexity index is 1670. The van der Waals surface area contributed by atoms with Crippen LogP contribution in [-0.2, 0) is 20.9 Å². The molecular formula is C31H29Cl2IN4O6S. The molecule has 3 N–H and O–H groups in total. The molecule has 1 aliphatic rings. The van der Waals surface area contributed by atoms with Crippen LogP contribution in [0.2, 0.25) is 10.0 Å². The predicted molar refractivity (Wildman–Crippen MR) is 185 cm³/mol. The first kappa shape index (κ1) is 34.3. The number of esters is 1. The van der Waals surface area contributed by atoms with Gasteiger partial charge in [-0.15, -0.1) is 0 Å². The van der Waals surface area contributed by atoms with Gasteiger partial charge in [-0.3, -0.25) is 4.79 Å². The van der Waals surface area contributed by atoms with Crippen molar-refractivity contribution in [3.05, 3.63) is 96.2 Å². The zero-order valence-electron chi connectivity index (χ0n) is 24.4. The largest absolute Gasteiger partial charge is 0.493 e. The molecule has 3 aromatic carbocycles. The fourth-order valence-corrected chi connectivity index (χ4v) is 5.87. The number of thiocarbonyl (C=S) groups is 1. The van der Waals surface area contributed by atoms with Crippen LogP contribution in [0, 0.1) is 3.57 Å². The van der Waals surface area contributed by atoms with Gasteiger partial charge < -0.3 is 29.6 Å². The van der Waals surface area contributed by atoms with Crippen molar-refractivity contribution in [3.63, 3.8) is 0 Å². The molecule has 1 aliphatic heterocycles. The number of carbonyl (C=O) groups excluding carboxylic acids is 2. The summed E-state index contributed by atoms with van der Waals surface area (Å²) in [5, 5.41) is 11.5. The quantitative estimate of drug-likeness (QED) is 0.0662. The predicted octanol–water partition coefficient (Wildman–Crippen LogP) is 6.07. The van der Waals surface area contributed by atoms with Gasteiger partial charge in [0.2, 0.25) is 0 Å². The number of amides is 1. The van der Waals surface area contributed by atoms with Gasteiger partial charge in [-0.2, -0.15) is 5.10 Å².